The summed E-state index contributed by atoms with van der Waals surface area (Å²) in [5.74, 6) is 0.104. The molecule has 0 bridgehead atoms. The van der Waals surface area contributed by atoms with Gasteiger partial charge in [-0.25, -0.2) is 8.42 Å². The summed E-state index contributed by atoms with van der Waals surface area (Å²) < 4.78 is 28.6. The summed E-state index contributed by atoms with van der Waals surface area (Å²) in [6.07, 6.45) is 1.53. The minimum absolute atomic E-state index is 0.183. The van der Waals surface area contributed by atoms with Crippen LogP contribution in [0.5, 0.6) is 0 Å². The minimum atomic E-state index is -3.34. The zero-order chi connectivity index (χ0) is 13.0. The fourth-order valence-electron chi connectivity index (χ4n) is 1.44. The number of benzene rings is 1. The third-order valence-corrected chi connectivity index (χ3v) is 3.76. The van der Waals surface area contributed by atoms with Crippen LogP contribution in [-0.2, 0) is 14.6 Å². The van der Waals surface area contributed by atoms with Crippen LogP contribution in [0.4, 0.5) is 0 Å². The van der Waals surface area contributed by atoms with E-state index in [1.807, 2.05) is 0 Å². The van der Waals surface area contributed by atoms with Gasteiger partial charge in [0.1, 0.15) is 12.4 Å². The van der Waals surface area contributed by atoms with E-state index in [0.29, 0.717) is 18.2 Å². The number of ether oxygens (including phenoxy) is 1. The summed E-state index contributed by atoms with van der Waals surface area (Å²) in [5, 5.41) is 1.78. The largest absolute Gasteiger partial charge is 0.478 e. The average molecular weight is 286 g/mol. The highest BCUT2D eigenvalue weighted by Crippen LogP contribution is 2.11. The van der Waals surface area contributed by atoms with E-state index >= 15 is 0 Å². The highest BCUT2D eigenvalue weighted by Gasteiger charge is 2.15. The molecular weight excluding hydrogens is 274 g/mol. The molecule has 1 aromatic rings. The SMILES string of the molecule is O=S(=O)(/C=C\c1ccc(Cl)cc1)CC1=NCCO1. The molecule has 4 nitrogen and oxygen atoms in total. The lowest BCUT2D eigenvalue weighted by Gasteiger charge is -1.99. The Kier molecular flexibility index (Phi) is 4.04. The molecule has 0 N–H and O–H groups in total. The van der Waals surface area contributed by atoms with E-state index < -0.39 is 9.84 Å². The number of rotatable bonds is 4. The third kappa shape index (κ3) is 3.85. The number of sulfone groups is 1. The molecule has 1 heterocycles. The second-order valence-corrected chi connectivity index (χ2v) is 6.11. The smallest absolute Gasteiger partial charge is 0.199 e. The summed E-state index contributed by atoms with van der Waals surface area (Å²) in [6, 6.07) is 6.91. The lowest BCUT2D eigenvalue weighted by Crippen LogP contribution is -2.13. The van der Waals surface area contributed by atoms with Gasteiger partial charge in [-0.05, 0) is 23.8 Å². The van der Waals surface area contributed by atoms with E-state index in [1.165, 1.54) is 11.5 Å². The van der Waals surface area contributed by atoms with Crippen molar-refractivity contribution >= 4 is 33.4 Å². The van der Waals surface area contributed by atoms with Crippen LogP contribution in [0.15, 0.2) is 34.7 Å². The molecule has 0 radical (unpaired) electrons. The van der Waals surface area contributed by atoms with Crippen molar-refractivity contribution in [3.63, 3.8) is 0 Å². The van der Waals surface area contributed by atoms with E-state index in [-0.39, 0.29) is 11.7 Å². The van der Waals surface area contributed by atoms with Crippen molar-refractivity contribution < 1.29 is 13.2 Å². The maximum Gasteiger partial charge on any atom is 0.199 e. The van der Waals surface area contributed by atoms with Gasteiger partial charge in [0.25, 0.3) is 0 Å². The summed E-state index contributed by atoms with van der Waals surface area (Å²) in [7, 11) is -3.34. The van der Waals surface area contributed by atoms with E-state index in [1.54, 1.807) is 24.3 Å². The summed E-state index contributed by atoms with van der Waals surface area (Å²) in [4.78, 5) is 3.95. The Morgan fingerprint density at radius 1 is 1.33 bits per heavy atom. The van der Waals surface area contributed by atoms with Crippen LogP contribution in [-0.4, -0.2) is 33.2 Å². The molecule has 1 aromatic carbocycles. The first-order valence-electron chi connectivity index (χ1n) is 5.38. The van der Waals surface area contributed by atoms with Crippen molar-refractivity contribution in [3.8, 4) is 0 Å². The first kappa shape index (κ1) is 13.1. The van der Waals surface area contributed by atoms with Gasteiger partial charge in [0, 0.05) is 10.4 Å². The van der Waals surface area contributed by atoms with Crippen LogP contribution in [0.1, 0.15) is 5.56 Å². The molecular formula is C12H12ClNO3S. The Morgan fingerprint density at radius 3 is 2.67 bits per heavy atom. The van der Waals surface area contributed by atoms with Crippen LogP contribution in [0, 0.1) is 0 Å². The molecule has 0 fully saturated rings. The molecule has 0 saturated carbocycles. The topological polar surface area (TPSA) is 55.7 Å². The highest BCUT2D eigenvalue weighted by atomic mass is 35.5. The molecule has 1 aliphatic rings. The van der Waals surface area contributed by atoms with Crippen molar-refractivity contribution in [3.05, 3.63) is 40.3 Å². The van der Waals surface area contributed by atoms with Crippen molar-refractivity contribution in [1.82, 2.24) is 0 Å². The Balaban J connectivity index is 2.05. The molecule has 6 heteroatoms. The van der Waals surface area contributed by atoms with E-state index in [0.717, 1.165) is 5.56 Å². The van der Waals surface area contributed by atoms with Crippen LogP contribution in [0.25, 0.3) is 6.08 Å². The van der Waals surface area contributed by atoms with Gasteiger partial charge in [-0.2, -0.15) is 0 Å². The van der Waals surface area contributed by atoms with Crippen LogP contribution in [0.2, 0.25) is 5.02 Å². The lowest BCUT2D eigenvalue weighted by atomic mass is 10.2. The van der Waals surface area contributed by atoms with Gasteiger partial charge >= 0.3 is 0 Å². The number of aliphatic imine (C=N–C) groups is 1. The number of hydrogen-bond donors (Lipinski definition) is 0. The monoisotopic (exact) mass is 285 g/mol. The predicted molar refractivity (Wildman–Crippen MR) is 72.5 cm³/mol. The van der Waals surface area contributed by atoms with E-state index in [2.05, 4.69) is 4.99 Å². The fraction of sp³-hybridized carbons (Fsp3) is 0.250. The molecule has 18 heavy (non-hydrogen) atoms. The molecule has 0 unspecified atom stereocenters. The highest BCUT2D eigenvalue weighted by molar-refractivity contribution is 7.95. The number of nitrogens with zero attached hydrogens (tertiary/aromatic N) is 1. The predicted octanol–water partition coefficient (Wildman–Crippen LogP) is 2.15. The molecule has 0 saturated heterocycles. The minimum Gasteiger partial charge on any atom is -0.478 e. The normalized spacial score (nSPS) is 15.7. The van der Waals surface area contributed by atoms with Crippen molar-refractivity contribution in [2.45, 2.75) is 0 Å². The molecule has 0 aromatic heterocycles. The first-order valence-corrected chi connectivity index (χ1v) is 7.47. The molecule has 0 spiro atoms. The molecule has 0 amide bonds. The standard InChI is InChI=1S/C12H12ClNO3S/c13-11-3-1-10(2-4-11)5-8-18(15,16)9-12-14-6-7-17-12/h1-5,8H,6-7,9H2/b8-5-. The fourth-order valence-corrected chi connectivity index (χ4v) is 2.55. The maximum atomic E-state index is 11.8. The zero-order valence-corrected chi connectivity index (χ0v) is 11.1. The van der Waals surface area contributed by atoms with Crippen molar-refractivity contribution in [2.75, 3.05) is 18.9 Å². The second kappa shape index (κ2) is 5.54. The van der Waals surface area contributed by atoms with Gasteiger partial charge in [-0.15, -0.1) is 0 Å². The van der Waals surface area contributed by atoms with Crippen LogP contribution < -0.4 is 0 Å². The van der Waals surface area contributed by atoms with Crippen LogP contribution >= 0.6 is 11.6 Å². The summed E-state index contributed by atoms with van der Waals surface area (Å²) in [6.45, 7) is 0.998. The quantitative estimate of drug-likeness (QED) is 0.852. The molecule has 2 rings (SSSR count). The Bertz CT molecular complexity index is 576. The van der Waals surface area contributed by atoms with E-state index in [9.17, 15) is 8.42 Å². The Hall–Kier alpha value is -1.33. The van der Waals surface area contributed by atoms with Gasteiger partial charge in [-0.1, -0.05) is 23.7 Å². The molecule has 0 aliphatic carbocycles. The van der Waals surface area contributed by atoms with Crippen molar-refractivity contribution in [2.24, 2.45) is 4.99 Å². The van der Waals surface area contributed by atoms with Gasteiger partial charge in [0.05, 0.1) is 6.54 Å². The van der Waals surface area contributed by atoms with Gasteiger partial charge < -0.3 is 4.74 Å². The lowest BCUT2D eigenvalue weighted by molar-refractivity contribution is 0.345. The summed E-state index contributed by atoms with van der Waals surface area (Å²) >= 11 is 5.74. The van der Waals surface area contributed by atoms with Crippen molar-refractivity contribution in [1.29, 1.82) is 0 Å². The van der Waals surface area contributed by atoms with E-state index in [4.69, 9.17) is 16.3 Å². The van der Waals surface area contributed by atoms with Crippen LogP contribution in [0.3, 0.4) is 0 Å². The third-order valence-electron chi connectivity index (χ3n) is 2.31. The summed E-state index contributed by atoms with van der Waals surface area (Å²) in [5.41, 5.74) is 0.775. The first-order chi connectivity index (χ1) is 8.55. The Labute approximate surface area is 111 Å². The number of halogens is 1. The van der Waals surface area contributed by atoms with Gasteiger partial charge in [0.2, 0.25) is 0 Å². The molecule has 0 atom stereocenters. The Morgan fingerprint density at radius 2 is 2.06 bits per heavy atom. The van der Waals surface area contributed by atoms with Gasteiger partial charge in [0.15, 0.2) is 15.7 Å². The molecule has 96 valence electrons. The average Bonchev–Trinajstić information content (AvgIpc) is 2.80. The number of hydrogen-bond acceptors (Lipinski definition) is 4. The zero-order valence-electron chi connectivity index (χ0n) is 9.54. The maximum absolute atomic E-state index is 11.8. The molecule has 1 aliphatic heterocycles. The van der Waals surface area contributed by atoms with Gasteiger partial charge in [-0.3, -0.25) is 4.99 Å². The second-order valence-electron chi connectivity index (χ2n) is 3.79.